The Hall–Kier alpha value is -0.250. The molecule has 98 valence electrons. The van der Waals surface area contributed by atoms with Crippen LogP contribution in [0.3, 0.4) is 0 Å². The summed E-state index contributed by atoms with van der Waals surface area (Å²) in [7, 11) is 0. The van der Waals surface area contributed by atoms with Crippen LogP contribution in [0.2, 0.25) is 0 Å². The van der Waals surface area contributed by atoms with E-state index in [2.05, 4.69) is 26.1 Å². The zero-order valence-electron chi connectivity index (χ0n) is 11.1. The van der Waals surface area contributed by atoms with Gasteiger partial charge in [0.25, 0.3) is 0 Å². The van der Waals surface area contributed by atoms with Crippen LogP contribution >= 0.6 is 0 Å². The maximum Gasteiger partial charge on any atom is 0.390 e. The highest BCUT2D eigenvalue weighted by Crippen LogP contribution is 2.28. The largest absolute Gasteiger partial charge is 0.390 e. The highest BCUT2D eigenvalue weighted by atomic mass is 19.4. The van der Waals surface area contributed by atoms with E-state index >= 15 is 0 Å². The molecule has 0 saturated heterocycles. The lowest BCUT2D eigenvalue weighted by Gasteiger charge is -2.36. The summed E-state index contributed by atoms with van der Waals surface area (Å²) < 4.78 is 36.5. The average Bonchev–Trinajstić information content (AvgIpc) is 1.70. The number of nitrogens with one attached hydrogen (secondary N) is 1. The van der Waals surface area contributed by atoms with Crippen molar-refractivity contribution in [3.05, 3.63) is 0 Å². The average molecular weight is 239 g/mol. The summed E-state index contributed by atoms with van der Waals surface area (Å²) in [5, 5.41) is 3.05. The first kappa shape index (κ1) is 15.8. The van der Waals surface area contributed by atoms with E-state index in [4.69, 9.17) is 0 Å². The van der Waals surface area contributed by atoms with Gasteiger partial charge in [-0.05, 0) is 32.6 Å². The Labute approximate surface area is 96.8 Å². The molecule has 0 fully saturated rings. The van der Waals surface area contributed by atoms with Crippen molar-refractivity contribution in [3.8, 4) is 0 Å². The van der Waals surface area contributed by atoms with Gasteiger partial charge in [-0.2, -0.15) is 13.2 Å². The second kappa shape index (κ2) is 4.94. The Kier molecular flexibility index (Phi) is 4.87. The standard InChI is InChI=1S/C12H24F3N/c1-9(7-12(13,14)15)16-11(5,6)8-10(2,3)4/h9,16H,7-8H2,1-6H3. The minimum absolute atomic E-state index is 0.106. The van der Waals surface area contributed by atoms with Gasteiger partial charge in [0.15, 0.2) is 0 Å². The van der Waals surface area contributed by atoms with Crippen LogP contribution < -0.4 is 5.32 Å². The summed E-state index contributed by atoms with van der Waals surface area (Å²) in [6.07, 6.45) is -4.03. The first-order chi connectivity index (χ1) is 6.81. The highest BCUT2D eigenvalue weighted by Gasteiger charge is 2.33. The molecule has 0 aliphatic rings. The van der Waals surface area contributed by atoms with Crippen LogP contribution in [0.25, 0.3) is 0 Å². The monoisotopic (exact) mass is 239 g/mol. The number of halogens is 3. The van der Waals surface area contributed by atoms with Crippen molar-refractivity contribution in [1.29, 1.82) is 0 Å². The van der Waals surface area contributed by atoms with E-state index < -0.39 is 18.6 Å². The zero-order chi connectivity index (χ0) is 13.2. The van der Waals surface area contributed by atoms with Gasteiger partial charge in [0.05, 0.1) is 6.42 Å². The lowest BCUT2D eigenvalue weighted by molar-refractivity contribution is -0.140. The molecule has 1 unspecified atom stereocenters. The third kappa shape index (κ3) is 9.01. The van der Waals surface area contributed by atoms with Crippen LogP contribution in [0, 0.1) is 5.41 Å². The molecule has 0 aromatic rings. The summed E-state index contributed by atoms with van der Waals surface area (Å²) in [5.74, 6) is 0. The molecule has 0 aliphatic heterocycles. The SMILES string of the molecule is CC(CC(F)(F)F)NC(C)(C)CC(C)(C)C. The summed E-state index contributed by atoms with van der Waals surface area (Å²) in [5.41, 5.74) is -0.169. The molecule has 4 heteroatoms. The maximum atomic E-state index is 12.2. The second-order valence-electron chi connectivity index (χ2n) is 6.49. The molecule has 0 aromatic carbocycles. The third-order valence-corrected chi connectivity index (χ3v) is 2.15. The molecule has 16 heavy (non-hydrogen) atoms. The van der Waals surface area contributed by atoms with Gasteiger partial charge in [-0.1, -0.05) is 20.8 Å². The molecule has 1 N–H and O–H groups in total. The van der Waals surface area contributed by atoms with E-state index in [-0.39, 0.29) is 11.0 Å². The van der Waals surface area contributed by atoms with Crippen molar-refractivity contribution in [1.82, 2.24) is 5.32 Å². The quantitative estimate of drug-likeness (QED) is 0.777. The van der Waals surface area contributed by atoms with Gasteiger partial charge in [-0.15, -0.1) is 0 Å². The van der Waals surface area contributed by atoms with Gasteiger partial charge < -0.3 is 5.32 Å². The van der Waals surface area contributed by atoms with Gasteiger partial charge in [0, 0.05) is 11.6 Å². The van der Waals surface area contributed by atoms with Gasteiger partial charge >= 0.3 is 6.18 Å². The summed E-state index contributed by atoms with van der Waals surface area (Å²) >= 11 is 0. The van der Waals surface area contributed by atoms with Crippen LogP contribution in [-0.4, -0.2) is 17.8 Å². The normalized spacial score (nSPS) is 16.3. The number of alkyl halides is 3. The van der Waals surface area contributed by atoms with Crippen LogP contribution in [-0.2, 0) is 0 Å². The Morgan fingerprint density at radius 1 is 1.00 bits per heavy atom. The van der Waals surface area contributed by atoms with Crippen LogP contribution in [0.15, 0.2) is 0 Å². The number of rotatable bonds is 4. The predicted octanol–water partition coefficient (Wildman–Crippen LogP) is 4.13. The molecular formula is C12H24F3N. The Balaban J connectivity index is 4.26. The Morgan fingerprint density at radius 2 is 1.44 bits per heavy atom. The van der Waals surface area contributed by atoms with Crippen LogP contribution in [0.5, 0.6) is 0 Å². The van der Waals surface area contributed by atoms with Crippen molar-refractivity contribution >= 4 is 0 Å². The molecule has 0 saturated carbocycles. The molecule has 1 atom stereocenters. The molecule has 0 heterocycles. The fourth-order valence-electron chi connectivity index (χ4n) is 2.44. The zero-order valence-corrected chi connectivity index (χ0v) is 11.1. The van der Waals surface area contributed by atoms with Crippen molar-refractivity contribution in [2.75, 3.05) is 0 Å². The lowest BCUT2D eigenvalue weighted by Crippen LogP contribution is -2.48. The third-order valence-electron chi connectivity index (χ3n) is 2.15. The topological polar surface area (TPSA) is 12.0 Å². The van der Waals surface area contributed by atoms with E-state index in [9.17, 15) is 13.2 Å². The molecule has 0 aliphatic carbocycles. The van der Waals surface area contributed by atoms with Gasteiger partial charge in [-0.25, -0.2) is 0 Å². The molecule has 0 aromatic heterocycles. The van der Waals surface area contributed by atoms with E-state index in [1.165, 1.54) is 0 Å². The number of hydrogen-bond acceptors (Lipinski definition) is 1. The van der Waals surface area contributed by atoms with Crippen molar-refractivity contribution in [2.45, 2.75) is 72.1 Å². The Morgan fingerprint density at radius 3 is 1.75 bits per heavy atom. The van der Waals surface area contributed by atoms with Gasteiger partial charge in [0.1, 0.15) is 0 Å². The van der Waals surface area contributed by atoms with Crippen molar-refractivity contribution in [2.24, 2.45) is 5.41 Å². The smallest absolute Gasteiger partial charge is 0.309 e. The van der Waals surface area contributed by atoms with Gasteiger partial charge in [0.2, 0.25) is 0 Å². The van der Waals surface area contributed by atoms with Crippen LogP contribution in [0.1, 0.15) is 54.4 Å². The van der Waals surface area contributed by atoms with E-state index in [1.807, 2.05) is 13.8 Å². The highest BCUT2D eigenvalue weighted by molar-refractivity contribution is 4.85. The molecule has 0 rings (SSSR count). The maximum absolute atomic E-state index is 12.2. The molecule has 1 nitrogen and oxygen atoms in total. The lowest BCUT2D eigenvalue weighted by atomic mass is 9.81. The molecule has 0 radical (unpaired) electrons. The molecule has 0 bridgehead atoms. The predicted molar refractivity (Wildman–Crippen MR) is 61.4 cm³/mol. The fraction of sp³-hybridized carbons (Fsp3) is 1.00. The summed E-state index contributed by atoms with van der Waals surface area (Å²) in [6, 6.07) is -0.544. The molecule has 0 amide bonds. The van der Waals surface area contributed by atoms with E-state index in [0.29, 0.717) is 0 Å². The summed E-state index contributed by atoms with van der Waals surface area (Å²) in [6.45, 7) is 11.7. The van der Waals surface area contributed by atoms with E-state index in [0.717, 1.165) is 6.42 Å². The molecule has 0 spiro atoms. The van der Waals surface area contributed by atoms with Gasteiger partial charge in [-0.3, -0.25) is 0 Å². The fourth-order valence-corrected chi connectivity index (χ4v) is 2.44. The first-order valence-electron chi connectivity index (χ1n) is 5.65. The van der Waals surface area contributed by atoms with Crippen molar-refractivity contribution < 1.29 is 13.2 Å². The number of hydrogen-bond donors (Lipinski definition) is 1. The first-order valence-corrected chi connectivity index (χ1v) is 5.65. The summed E-state index contributed by atoms with van der Waals surface area (Å²) in [4.78, 5) is 0. The van der Waals surface area contributed by atoms with E-state index in [1.54, 1.807) is 6.92 Å². The van der Waals surface area contributed by atoms with Crippen molar-refractivity contribution in [3.63, 3.8) is 0 Å². The Bertz CT molecular complexity index is 213. The molecular weight excluding hydrogens is 215 g/mol. The van der Waals surface area contributed by atoms with Crippen LogP contribution in [0.4, 0.5) is 13.2 Å². The minimum Gasteiger partial charge on any atom is -0.309 e. The minimum atomic E-state index is -4.09. The second-order valence-corrected chi connectivity index (χ2v) is 6.49.